The maximum absolute atomic E-state index is 12.7. The first-order valence-electron chi connectivity index (χ1n) is 8.36. The standard InChI is InChI=1S/C16H27N3O3S/c1-4-9-23(21,22)14(3)16(20)19-8-6-5-7-15(19)12-18-11-13(2)10-17-18/h10-11,14-15H,4-9,12H2,1-3H3/t14-,15+/m0/s1. The van der Waals surface area contributed by atoms with Crippen LogP contribution in [-0.2, 0) is 21.2 Å². The van der Waals surface area contributed by atoms with E-state index in [-0.39, 0.29) is 17.7 Å². The van der Waals surface area contributed by atoms with Crippen molar-refractivity contribution in [3.8, 4) is 0 Å². The molecule has 1 amide bonds. The van der Waals surface area contributed by atoms with Gasteiger partial charge in [0.05, 0.1) is 24.5 Å². The fraction of sp³-hybridized carbons (Fsp3) is 0.750. The zero-order valence-electron chi connectivity index (χ0n) is 14.2. The first-order chi connectivity index (χ1) is 10.8. The van der Waals surface area contributed by atoms with E-state index in [4.69, 9.17) is 0 Å². The van der Waals surface area contributed by atoms with Crippen LogP contribution in [0.1, 0.15) is 45.1 Å². The van der Waals surface area contributed by atoms with Crippen molar-refractivity contribution in [2.24, 2.45) is 0 Å². The number of hydrogen-bond donors (Lipinski definition) is 0. The van der Waals surface area contributed by atoms with Gasteiger partial charge >= 0.3 is 0 Å². The zero-order valence-corrected chi connectivity index (χ0v) is 15.1. The van der Waals surface area contributed by atoms with Crippen LogP contribution in [0.2, 0.25) is 0 Å². The lowest BCUT2D eigenvalue weighted by Gasteiger charge is -2.37. The monoisotopic (exact) mass is 341 g/mol. The number of likely N-dealkylation sites (tertiary alicyclic amines) is 1. The van der Waals surface area contributed by atoms with E-state index >= 15 is 0 Å². The lowest BCUT2D eigenvalue weighted by Crippen LogP contribution is -2.51. The number of amides is 1. The van der Waals surface area contributed by atoms with Gasteiger partial charge in [-0.25, -0.2) is 8.42 Å². The second-order valence-corrected chi connectivity index (χ2v) is 8.87. The normalized spacial score (nSPS) is 20.5. The summed E-state index contributed by atoms with van der Waals surface area (Å²) in [6.07, 6.45) is 7.17. The van der Waals surface area contributed by atoms with Gasteiger partial charge in [-0.3, -0.25) is 9.48 Å². The molecule has 0 bridgehead atoms. The number of nitrogens with zero attached hydrogens (tertiary/aromatic N) is 3. The summed E-state index contributed by atoms with van der Waals surface area (Å²) >= 11 is 0. The number of hydrogen-bond acceptors (Lipinski definition) is 4. The van der Waals surface area contributed by atoms with E-state index in [2.05, 4.69) is 5.10 Å². The van der Waals surface area contributed by atoms with E-state index in [0.717, 1.165) is 24.8 Å². The molecule has 2 heterocycles. The Labute approximate surface area is 138 Å². The van der Waals surface area contributed by atoms with Crippen molar-refractivity contribution in [1.29, 1.82) is 0 Å². The van der Waals surface area contributed by atoms with E-state index in [1.807, 2.05) is 24.7 Å². The first-order valence-corrected chi connectivity index (χ1v) is 10.1. The maximum Gasteiger partial charge on any atom is 0.240 e. The van der Waals surface area contributed by atoms with E-state index in [1.54, 1.807) is 11.1 Å². The van der Waals surface area contributed by atoms with E-state index in [9.17, 15) is 13.2 Å². The Bertz CT molecular complexity index is 639. The second kappa shape index (κ2) is 7.47. The molecule has 0 unspecified atom stereocenters. The minimum Gasteiger partial charge on any atom is -0.337 e. The van der Waals surface area contributed by atoms with Gasteiger partial charge in [0.1, 0.15) is 5.25 Å². The fourth-order valence-corrected chi connectivity index (χ4v) is 4.48. The summed E-state index contributed by atoms with van der Waals surface area (Å²) in [4.78, 5) is 14.5. The molecule has 2 atom stereocenters. The van der Waals surface area contributed by atoms with Gasteiger partial charge in [-0.15, -0.1) is 0 Å². The molecular formula is C16H27N3O3S. The molecule has 1 aliphatic heterocycles. The van der Waals surface area contributed by atoms with Crippen LogP contribution in [0.3, 0.4) is 0 Å². The number of sulfone groups is 1. The Morgan fingerprint density at radius 2 is 2.17 bits per heavy atom. The molecule has 0 N–H and O–H groups in total. The lowest BCUT2D eigenvalue weighted by atomic mass is 10.0. The fourth-order valence-electron chi connectivity index (χ4n) is 3.11. The molecule has 0 radical (unpaired) electrons. The van der Waals surface area contributed by atoms with Crippen molar-refractivity contribution in [3.05, 3.63) is 18.0 Å². The van der Waals surface area contributed by atoms with Crippen molar-refractivity contribution in [2.75, 3.05) is 12.3 Å². The third-order valence-electron chi connectivity index (χ3n) is 4.45. The largest absolute Gasteiger partial charge is 0.337 e. The highest BCUT2D eigenvalue weighted by Crippen LogP contribution is 2.21. The maximum atomic E-state index is 12.7. The first kappa shape index (κ1) is 18.0. The predicted octanol–water partition coefficient (Wildman–Crippen LogP) is 1.79. The van der Waals surface area contributed by atoms with Crippen LogP contribution in [0, 0.1) is 6.92 Å². The third-order valence-corrected chi connectivity index (χ3v) is 6.70. The van der Waals surface area contributed by atoms with Crippen molar-refractivity contribution in [1.82, 2.24) is 14.7 Å². The Balaban J connectivity index is 2.12. The number of aryl methyl sites for hydroxylation is 1. The Hall–Kier alpha value is -1.37. The number of piperidine rings is 1. The summed E-state index contributed by atoms with van der Waals surface area (Å²) in [7, 11) is -3.36. The molecule has 0 saturated carbocycles. The van der Waals surface area contributed by atoms with Gasteiger partial charge in [-0.1, -0.05) is 6.92 Å². The molecule has 0 aliphatic carbocycles. The minimum atomic E-state index is -3.36. The van der Waals surface area contributed by atoms with Gasteiger partial charge in [0, 0.05) is 12.7 Å². The van der Waals surface area contributed by atoms with Gasteiger partial charge in [0.2, 0.25) is 5.91 Å². The van der Waals surface area contributed by atoms with Gasteiger partial charge in [-0.05, 0) is 45.1 Å². The smallest absolute Gasteiger partial charge is 0.240 e. The number of carbonyl (C=O) groups is 1. The molecule has 130 valence electrons. The lowest BCUT2D eigenvalue weighted by molar-refractivity contribution is -0.134. The SMILES string of the molecule is CCCS(=O)(=O)[C@@H](C)C(=O)N1CCCC[C@@H]1Cn1cc(C)cn1. The molecule has 1 fully saturated rings. The molecule has 7 heteroatoms. The highest BCUT2D eigenvalue weighted by atomic mass is 32.2. The second-order valence-electron chi connectivity index (χ2n) is 6.43. The van der Waals surface area contributed by atoms with Gasteiger partial charge in [0.25, 0.3) is 0 Å². The predicted molar refractivity (Wildman–Crippen MR) is 89.9 cm³/mol. The molecule has 1 aliphatic rings. The van der Waals surface area contributed by atoms with Crippen molar-refractivity contribution in [3.63, 3.8) is 0 Å². The zero-order chi connectivity index (χ0) is 17.0. The van der Waals surface area contributed by atoms with Crippen LogP contribution < -0.4 is 0 Å². The van der Waals surface area contributed by atoms with Gasteiger partial charge < -0.3 is 4.90 Å². The summed E-state index contributed by atoms with van der Waals surface area (Å²) in [6.45, 7) is 6.58. The highest BCUT2D eigenvalue weighted by Gasteiger charge is 2.35. The molecule has 1 aromatic heterocycles. The molecule has 0 aromatic carbocycles. The molecule has 6 nitrogen and oxygen atoms in total. The van der Waals surface area contributed by atoms with Crippen LogP contribution in [0.25, 0.3) is 0 Å². The number of carbonyl (C=O) groups excluding carboxylic acids is 1. The molecule has 2 rings (SSSR count). The van der Waals surface area contributed by atoms with Crippen LogP contribution in [-0.4, -0.2) is 52.6 Å². The van der Waals surface area contributed by atoms with Gasteiger partial charge in [-0.2, -0.15) is 5.10 Å². The van der Waals surface area contributed by atoms with Crippen molar-refractivity contribution < 1.29 is 13.2 Å². The summed E-state index contributed by atoms with van der Waals surface area (Å²) in [5.41, 5.74) is 1.08. The topological polar surface area (TPSA) is 72.3 Å². The quantitative estimate of drug-likeness (QED) is 0.791. The highest BCUT2D eigenvalue weighted by molar-refractivity contribution is 7.92. The Morgan fingerprint density at radius 3 is 2.78 bits per heavy atom. The summed E-state index contributed by atoms with van der Waals surface area (Å²) in [5.74, 6) is -0.191. The number of rotatable bonds is 6. The summed E-state index contributed by atoms with van der Waals surface area (Å²) in [6, 6.07) is 0.0230. The molecule has 1 saturated heterocycles. The third kappa shape index (κ3) is 4.34. The Kier molecular flexibility index (Phi) is 5.84. The average molecular weight is 341 g/mol. The van der Waals surface area contributed by atoms with Crippen LogP contribution in [0.15, 0.2) is 12.4 Å². The Morgan fingerprint density at radius 1 is 1.43 bits per heavy atom. The molecule has 1 aromatic rings. The minimum absolute atomic E-state index is 0.0230. The van der Waals surface area contributed by atoms with E-state index in [1.165, 1.54) is 6.92 Å². The van der Waals surface area contributed by atoms with Gasteiger partial charge in [0.15, 0.2) is 9.84 Å². The molecule has 23 heavy (non-hydrogen) atoms. The average Bonchev–Trinajstić information content (AvgIpc) is 2.91. The van der Waals surface area contributed by atoms with Crippen molar-refractivity contribution in [2.45, 2.75) is 64.3 Å². The van der Waals surface area contributed by atoms with Crippen molar-refractivity contribution >= 4 is 15.7 Å². The molecule has 0 spiro atoms. The van der Waals surface area contributed by atoms with Crippen LogP contribution in [0.4, 0.5) is 0 Å². The number of aromatic nitrogens is 2. The van der Waals surface area contributed by atoms with Crippen LogP contribution >= 0.6 is 0 Å². The van der Waals surface area contributed by atoms with E-state index < -0.39 is 15.1 Å². The summed E-state index contributed by atoms with van der Waals surface area (Å²) < 4.78 is 26.3. The molecular weight excluding hydrogens is 314 g/mol. The summed E-state index contributed by atoms with van der Waals surface area (Å²) in [5, 5.41) is 3.33. The van der Waals surface area contributed by atoms with E-state index in [0.29, 0.717) is 19.5 Å². The van der Waals surface area contributed by atoms with Crippen LogP contribution in [0.5, 0.6) is 0 Å².